The lowest BCUT2D eigenvalue weighted by Gasteiger charge is -2.30. The quantitative estimate of drug-likeness (QED) is 0.899. The topological polar surface area (TPSA) is 38.5 Å². The normalized spacial score (nSPS) is 21.5. The van der Waals surface area contributed by atoms with E-state index in [9.17, 15) is 0 Å². The minimum Gasteiger partial charge on any atom is -0.495 e. The molecule has 1 aliphatic heterocycles. The summed E-state index contributed by atoms with van der Waals surface area (Å²) in [6.07, 6.45) is 2.32. The molecular formula is C13H19ClN2O. The number of piperidine rings is 1. The van der Waals surface area contributed by atoms with Crippen LogP contribution < -0.4 is 10.5 Å². The van der Waals surface area contributed by atoms with E-state index in [1.165, 1.54) is 12.0 Å². The molecule has 1 saturated heterocycles. The van der Waals surface area contributed by atoms with E-state index < -0.39 is 0 Å². The summed E-state index contributed by atoms with van der Waals surface area (Å²) in [7, 11) is 1.63. The van der Waals surface area contributed by atoms with Gasteiger partial charge in [-0.3, -0.25) is 4.90 Å². The molecule has 2 rings (SSSR count). The summed E-state index contributed by atoms with van der Waals surface area (Å²) in [6, 6.07) is 6.27. The number of nitrogens with two attached hydrogens (primary N) is 1. The number of methoxy groups -OCH3 is 1. The van der Waals surface area contributed by atoms with Gasteiger partial charge < -0.3 is 10.5 Å². The molecule has 0 unspecified atom stereocenters. The van der Waals surface area contributed by atoms with E-state index in [4.69, 9.17) is 22.1 Å². The van der Waals surface area contributed by atoms with Crippen LogP contribution in [0.3, 0.4) is 0 Å². The van der Waals surface area contributed by atoms with Gasteiger partial charge >= 0.3 is 0 Å². The molecule has 2 N–H and O–H groups in total. The number of hydrogen-bond donors (Lipinski definition) is 1. The maximum atomic E-state index is 6.11. The first-order valence-corrected chi connectivity index (χ1v) is 6.37. The molecule has 1 fully saturated rings. The molecule has 1 atom stereocenters. The van der Waals surface area contributed by atoms with Crippen molar-refractivity contribution >= 4 is 11.6 Å². The van der Waals surface area contributed by atoms with E-state index in [0.717, 1.165) is 31.8 Å². The summed E-state index contributed by atoms with van der Waals surface area (Å²) >= 11 is 6.11. The maximum Gasteiger partial charge on any atom is 0.137 e. The van der Waals surface area contributed by atoms with E-state index >= 15 is 0 Å². The van der Waals surface area contributed by atoms with E-state index in [2.05, 4.69) is 11.0 Å². The van der Waals surface area contributed by atoms with Crippen LogP contribution in [0.15, 0.2) is 18.2 Å². The zero-order chi connectivity index (χ0) is 12.3. The van der Waals surface area contributed by atoms with E-state index in [0.29, 0.717) is 11.1 Å². The van der Waals surface area contributed by atoms with Gasteiger partial charge in [0, 0.05) is 19.1 Å². The highest BCUT2D eigenvalue weighted by atomic mass is 35.5. The van der Waals surface area contributed by atoms with Crippen LogP contribution >= 0.6 is 11.6 Å². The Morgan fingerprint density at radius 1 is 1.53 bits per heavy atom. The highest BCUT2D eigenvalue weighted by Crippen LogP contribution is 2.25. The fourth-order valence-corrected chi connectivity index (χ4v) is 2.58. The third-order valence-electron chi connectivity index (χ3n) is 3.16. The number of hydrogen-bond acceptors (Lipinski definition) is 3. The molecule has 1 heterocycles. The fourth-order valence-electron chi connectivity index (χ4n) is 2.30. The van der Waals surface area contributed by atoms with Crippen molar-refractivity contribution in [3.63, 3.8) is 0 Å². The smallest absolute Gasteiger partial charge is 0.137 e. The summed E-state index contributed by atoms with van der Waals surface area (Å²) in [5.41, 5.74) is 7.18. The molecule has 94 valence electrons. The predicted molar refractivity (Wildman–Crippen MR) is 70.5 cm³/mol. The van der Waals surface area contributed by atoms with Crippen LogP contribution in [0.2, 0.25) is 5.02 Å². The summed E-state index contributed by atoms with van der Waals surface area (Å²) in [6.45, 7) is 3.01. The van der Waals surface area contributed by atoms with Crippen LogP contribution in [0.1, 0.15) is 18.4 Å². The maximum absolute atomic E-state index is 6.11. The molecular weight excluding hydrogens is 236 g/mol. The molecule has 3 nitrogen and oxygen atoms in total. The Balaban J connectivity index is 2.00. The molecule has 0 radical (unpaired) electrons. The minimum atomic E-state index is 0.317. The average molecular weight is 255 g/mol. The lowest BCUT2D eigenvalue weighted by atomic mass is 10.1. The molecule has 0 aromatic heterocycles. The van der Waals surface area contributed by atoms with Gasteiger partial charge in [-0.1, -0.05) is 17.7 Å². The first kappa shape index (κ1) is 12.7. The number of ether oxygens (including phenoxy) is 1. The third-order valence-corrected chi connectivity index (χ3v) is 3.46. The summed E-state index contributed by atoms with van der Waals surface area (Å²) in [5, 5.41) is 0.673. The molecule has 0 amide bonds. The molecule has 0 spiro atoms. The van der Waals surface area contributed by atoms with Crippen molar-refractivity contribution in [2.45, 2.75) is 25.4 Å². The van der Waals surface area contributed by atoms with Gasteiger partial charge in [-0.05, 0) is 37.1 Å². The second-order valence-corrected chi connectivity index (χ2v) is 5.01. The van der Waals surface area contributed by atoms with Gasteiger partial charge in [-0.25, -0.2) is 0 Å². The van der Waals surface area contributed by atoms with Crippen LogP contribution in [-0.2, 0) is 6.54 Å². The summed E-state index contributed by atoms with van der Waals surface area (Å²) in [4.78, 5) is 2.38. The molecule has 0 saturated carbocycles. The standard InChI is InChI=1S/C13H19ClN2O/c1-17-13-5-4-10(7-12(13)14)8-16-6-2-3-11(15)9-16/h4-5,7,11H,2-3,6,8-9,15H2,1H3/t11-/m0/s1. The monoisotopic (exact) mass is 254 g/mol. The fraction of sp³-hybridized carbons (Fsp3) is 0.538. The summed E-state index contributed by atoms with van der Waals surface area (Å²) in [5.74, 6) is 0.728. The number of likely N-dealkylation sites (tertiary alicyclic amines) is 1. The van der Waals surface area contributed by atoms with E-state index in [1.54, 1.807) is 7.11 Å². The largest absolute Gasteiger partial charge is 0.495 e. The van der Waals surface area contributed by atoms with Crippen molar-refractivity contribution in [1.29, 1.82) is 0 Å². The highest BCUT2D eigenvalue weighted by molar-refractivity contribution is 6.32. The second-order valence-electron chi connectivity index (χ2n) is 4.61. The number of benzene rings is 1. The predicted octanol–water partition coefficient (Wildman–Crippen LogP) is 2.27. The van der Waals surface area contributed by atoms with Crippen LogP contribution in [0.5, 0.6) is 5.75 Å². The van der Waals surface area contributed by atoms with Gasteiger partial charge in [0.1, 0.15) is 5.75 Å². The molecule has 1 aromatic rings. The molecule has 17 heavy (non-hydrogen) atoms. The van der Waals surface area contributed by atoms with Gasteiger partial charge in [0.25, 0.3) is 0 Å². The van der Waals surface area contributed by atoms with Crippen LogP contribution in [-0.4, -0.2) is 31.1 Å². The molecule has 1 aliphatic rings. The Kier molecular flexibility index (Phi) is 4.26. The Morgan fingerprint density at radius 2 is 2.35 bits per heavy atom. The minimum absolute atomic E-state index is 0.317. The van der Waals surface area contributed by atoms with E-state index in [1.807, 2.05) is 12.1 Å². The van der Waals surface area contributed by atoms with Crippen molar-refractivity contribution in [1.82, 2.24) is 4.90 Å². The summed E-state index contributed by atoms with van der Waals surface area (Å²) < 4.78 is 5.14. The zero-order valence-corrected chi connectivity index (χ0v) is 10.9. The van der Waals surface area contributed by atoms with Crippen molar-refractivity contribution < 1.29 is 4.74 Å². The van der Waals surface area contributed by atoms with Crippen molar-refractivity contribution in [3.05, 3.63) is 28.8 Å². The van der Waals surface area contributed by atoms with Gasteiger partial charge in [0.2, 0.25) is 0 Å². The van der Waals surface area contributed by atoms with Crippen LogP contribution in [0, 0.1) is 0 Å². The Labute approximate surface area is 107 Å². The van der Waals surface area contributed by atoms with Crippen LogP contribution in [0.4, 0.5) is 0 Å². The number of nitrogens with zero attached hydrogens (tertiary/aromatic N) is 1. The Hall–Kier alpha value is -0.770. The highest BCUT2D eigenvalue weighted by Gasteiger charge is 2.16. The Morgan fingerprint density at radius 3 is 3.00 bits per heavy atom. The first-order valence-electron chi connectivity index (χ1n) is 5.99. The lowest BCUT2D eigenvalue weighted by molar-refractivity contribution is 0.201. The SMILES string of the molecule is COc1ccc(CN2CCC[C@H](N)C2)cc1Cl. The average Bonchev–Trinajstić information content (AvgIpc) is 2.29. The number of rotatable bonds is 3. The second kappa shape index (κ2) is 5.71. The van der Waals surface area contributed by atoms with Crippen LogP contribution in [0.25, 0.3) is 0 Å². The zero-order valence-electron chi connectivity index (χ0n) is 10.2. The Bertz CT molecular complexity index is 384. The van der Waals surface area contributed by atoms with Gasteiger partial charge in [0.05, 0.1) is 12.1 Å². The van der Waals surface area contributed by atoms with Crippen molar-refractivity contribution in [2.24, 2.45) is 5.73 Å². The molecule has 1 aromatic carbocycles. The van der Waals surface area contributed by atoms with Gasteiger partial charge in [-0.15, -0.1) is 0 Å². The van der Waals surface area contributed by atoms with Gasteiger partial charge in [-0.2, -0.15) is 0 Å². The van der Waals surface area contributed by atoms with E-state index in [-0.39, 0.29) is 0 Å². The first-order chi connectivity index (χ1) is 8.19. The molecule has 0 aliphatic carbocycles. The molecule has 0 bridgehead atoms. The van der Waals surface area contributed by atoms with Gasteiger partial charge in [0.15, 0.2) is 0 Å². The third kappa shape index (κ3) is 3.35. The lowest BCUT2D eigenvalue weighted by Crippen LogP contribution is -2.42. The molecule has 4 heteroatoms. The number of halogens is 1. The van der Waals surface area contributed by atoms with Crippen molar-refractivity contribution in [2.75, 3.05) is 20.2 Å². The van der Waals surface area contributed by atoms with Crippen molar-refractivity contribution in [3.8, 4) is 5.75 Å².